The molecule has 0 spiro atoms. The van der Waals surface area contributed by atoms with Gasteiger partial charge in [-0.1, -0.05) is 18.2 Å². The van der Waals surface area contributed by atoms with Crippen LogP contribution in [0, 0.1) is 0 Å². The highest BCUT2D eigenvalue weighted by Gasteiger charge is 2.32. The smallest absolute Gasteiger partial charge is 0.260 e. The van der Waals surface area contributed by atoms with Crippen LogP contribution in [0.2, 0.25) is 0 Å². The lowest BCUT2D eigenvalue weighted by atomic mass is 9.94. The summed E-state index contributed by atoms with van der Waals surface area (Å²) in [5.74, 6) is 0.521. The van der Waals surface area contributed by atoms with Gasteiger partial charge in [0.2, 0.25) is 0 Å². The third-order valence-electron chi connectivity index (χ3n) is 3.49. The Morgan fingerprint density at radius 1 is 1.35 bits per heavy atom. The molecule has 1 aromatic carbocycles. The van der Waals surface area contributed by atoms with Crippen LogP contribution in [0.25, 0.3) is 0 Å². The number of hydrogen-bond acceptors (Lipinski definition) is 4. The molecule has 0 atom stereocenters. The molecule has 1 amide bonds. The summed E-state index contributed by atoms with van der Waals surface area (Å²) in [4.78, 5) is 13.5. The van der Waals surface area contributed by atoms with Crippen molar-refractivity contribution in [2.75, 3.05) is 33.4 Å². The maximum absolute atomic E-state index is 12.0. The lowest BCUT2D eigenvalue weighted by Gasteiger charge is -2.35. The van der Waals surface area contributed by atoms with Crippen LogP contribution in [0.15, 0.2) is 30.3 Å². The van der Waals surface area contributed by atoms with Crippen LogP contribution in [0.1, 0.15) is 12.8 Å². The van der Waals surface area contributed by atoms with Gasteiger partial charge in [0.25, 0.3) is 5.91 Å². The maximum atomic E-state index is 12.0. The van der Waals surface area contributed by atoms with Crippen molar-refractivity contribution in [3.05, 3.63) is 30.3 Å². The standard InChI is InChI=1S/C15H21NO4/c1-16(12-15(18)7-9-19-10-8-15)14(17)11-20-13-5-3-2-4-6-13/h2-6,18H,7-12H2,1H3. The van der Waals surface area contributed by atoms with Crippen molar-refractivity contribution in [3.8, 4) is 5.75 Å². The van der Waals surface area contributed by atoms with E-state index >= 15 is 0 Å². The number of rotatable bonds is 5. The van der Waals surface area contributed by atoms with E-state index in [9.17, 15) is 9.90 Å². The molecule has 5 heteroatoms. The normalized spacial score (nSPS) is 17.5. The Bertz CT molecular complexity index is 429. The number of hydrogen-bond donors (Lipinski definition) is 1. The van der Waals surface area contributed by atoms with Crippen LogP contribution >= 0.6 is 0 Å². The minimum atomic E-state index is -0.838. The average molecular weight is 279 g/mol. The predicted molar refractivity (Wildman–Crippen MR) is 74.6 cm³/mol. The molecule has 0 bridgehead atoms. The topological polar surface area (TPSA) is 59.0 Å². The molecule has 0 aliphatic carbocycles. The quantitative estimate of drug-likeness (QED) is 0.876. The van der Waals surface area contributed by atoms with Crippen LogP contribution in [0.3, 0.4) is 0 Å². The molecule has 1 saturated heterocycles. The van der Waals surface area contributed by atoms with E-state index in [4.69, 9.17) is 9.47 Å². The fraction of sp³-hybridized carbons (Fsp3) is 0.533. The maximum Gasteiger partial charge on any atom is 0.260 e. The van der Waals surface area contributed by atoms with Gasteiger partial charge < -0.3 is 19.5 Å². The summed E-state index contributed by atoms with van der Waals surface area (Å²) in [6.45, 7) is 1.37. The molecular formula is C15H21NO4. The van der Waals surface area contributed by atoms with Gasteiger partial charge in [-0.05, 0) is 12.1 Å². The lowest BCUT2D eigenvalue weighted by molar-refractivity contribution is -0.138. The first-order valence-electron chi connectivity index (χ1n) is 6.81. The molecule has 2 rings (SSSR count). The Labute approximate surface area is 119 Å². The van der Waals surface area contributed by atoms with E-state index in [1.807, 2.05) is 18.2 Å². The van der Waals surface area contributed by atoms with E-state index < -0.39 is 5.60 Å². The van der Waals surface area contributed by atoms with E-state index in [2.05, 4.69) is 0 Å². The molecule has 110 valence electrons. The minimum Gasteiger partial charge on any atom is -0.484 e. The number of nitrogens with zero attached hydrogens (tertiary/aromatic N) is 1. The number of para-hydroxylation sites is 1. The third-order valence-corrected chi connectivity index (χ3v) is 3.49. The van der Waals surface area contributed by atoms with Crippen LogP contribution in [0.5, 0.6) is 5.75 Å². The highest BCUT2D eigenvalue weighted by atomic mass is 16.5. The Morgan fingerprint density at radius 3 is 2.65 bits per heavy atom. The second-order valence-electron chi connectivity index (χ2n) is 5.19. The molecular weight excluding hydrogens is 258 g/mol. The zero-order valence-corrected chi connectivity index (χ0v) is 11.7. The zero-order valence-electron chi connectivity index (χ0n) is 11.7. The summed E-state index contributed by atoms with van der Waals surface area (Å²) in [5.41, 5.74) is -0.838. The molecule has 0 unspecified atom stereocenters. The fourth-order valence-electron chi connectivity index (χ4n) is 2.21. The number of likely N-dealkylation sites (N-methyl/N-ethyl adjacent to an activating group) is 1. The summed E-state index contributed by atoms with van der Waals surface area (Å²) in [6.07, 6.45) is 1.12. The highest BCUT2D eigenvalue weighted by molar-refractivity contribution is 5.77. The summed E-state index contributed by atoms with van der Waals surface area (Å²) in [5, 5.41) is 10.4. The monoisotopic (exact) mass is 279 g/mol. The lowest BCUT2D eigenvalue weighted by Crippen LogP contribution is -2.48. The predicted octanol–water partition coefficient (Wildman–Crippen LogP) is 1.07. The third kappa shape index (κ3) is 4.21. The van der Waals surface area contributed by atoms with Crippen molar-refractivity contribution < 1.29 is 19.4 Å². The van der Waals surface area contributed by atoms with Gasteiger partial charge in [0.15, 0.2) is 6.61 Å². The molecule has 0 saturated carbocycles. The van der Waals surface area contributed by atoms with Crippen molar-refractivity contribution in [3.63, 3.8) is 0 Å². The Balaban J connectivity index is 1.79. The van der Waals surface area contributed by atoms with E-state index in [-0.39, 0.29) is 12.5 Å². The molecule has 20 heavy (non-hydrogen) atoms. The molecule has 1 N–H and O–H groups in total. The first kappa shape index (κ1) is 14.8. The molecule has 0 aromatic heterocycles. The van der Waals surface area contributed by atoms with E-state index in [0.717, 1.165) is 0 Å². The minimum absolute atomic E-state index is 0.0207. The van der Waals surface area contributed by atoms with Gasteiger partial charge in [0.05, 0.1) is 5.60 Å². The Hall–Kier alpha value is -1.59. The molecule has 1 aliphatic heterocycles. The highest BCUT2D eigenvalue weighted by Crippen LogP contribution is 2.21. The van der Waals surface area contributed by atoms with Crippen LogP contribution < -0.4 is 4.74 Å². The Morgan fingerprint density at radius 2 is 2.00 bits per heavy atom. The van der Waals surface area contributed by atoms with Crippen molar-refractivity contribution in [1.29, 1.82) is 0 Å². The summed E-state index contributed by atoms with van der Waals surface area (Å²) >= 11 is 0. The van der Waals surface area contributed by atoms with Crippen LogP contribution in [-0.2, 0) is 9.53 Å². The number of ether oxygens (including phenoxy) is 2. The molecule has 5 nitrogen and oxygen atoms in total. The average Bonchev–Trinajstić information content (AvgIpc) is 2.46. The van der Waals surface area contributed by atoms with E-state index in [0.29, 0.717) is 38.3 Å². The van der Waals surface area contributed by atoms with Gasteiger partial charge in [0, 0.05) is 39.6 Å². The summed E-state index contributed by atoms with van der Waals surface area (Å²) < 4.78 is 10.6. The van der Waals surface area contributed by atoms with Crippen LogP contribution in [-0.4, -0.2) is 54.9 Å². The molecule has 1 fully saturated rings. The first-order valence-corrected chi connectivity index (χ1v) is 6.81. The number of aliphatic hydroxyl groups is 1. The number of amides is 1. The summed E-state index contributed by atoms with van der Waals surface area (Å²) in [7, 11) is 1.68. The number of benzene rings is 1. The second kappa shape index (κ2) is 6.72. The van der Waals surface area contributed by atoms with E-state index in [1.165, 1.54) is 4.90 Å². The molecule has 1 heterocycles. The SMILES string of the molecule is CN(CC1(O)CCOCC1)C(=O)COc1ccccc1. The zero-order chi connectivity index (χ0) is 14.4. The van der Waals surface area contributed by atoms with Gasteiger partial charge in [-0.3, -0.25) is 4.79 Å². The fourth-order valence-corrected chi connectivity index (χ4v) is 2.21. The Kier molecular flexibility index (Phi) is 4.98. The van der Waals surface area contributed by atoms with Crippen molar-refractivity contribution in [2.24, 2.45) is 0 Å². The van der Waals surface area contributed by atoms with Gasteiger partial charge in [0.1, 0.15) is 5.75 Å². The molecule has 1 aromatic rings. The van der Waals surface area contributed by atoms with Crippen molar-refractivity contribution in [1.82, 2.24) is 4.90 Å². The van der Waals surface area contributed by atoms with Gasteiger partial charge in [-0.15, -0.1) is 0 Å². The number of carbonyl (C=O) groups excluding carboxylic acids is 1. The van der Waals surface area contributed by atoms with Crippen molar-refractivity contribution in [2.45, 2.75) is 18.4 Å². The summed E-state index contributed by atoms with van der Waals surface area (Å²) in [6, 6.07) is 9.21. The first-order chi connectivity index (χ1) is 9.59. The number of carbonyl (C=O) groups is 1. The molecule has 1 aliphatic rings. The van der Waals surface area contributed by atoms with Crippen molar-refractivity contribution >= 4 is 5.91 Å². The second-order valence-corrected chi connectivity index (χ2v) is 5.19. The van der Waals surface area contributed by atoms with E-state index in [1.54, 1.807) is 19.2 Å². The molecule has 0 radical (unpaired) electrons. The van der Waals surface area contributed by atoms with Gasteiger partial charge in [-0.25, -0.2) is 0 Å². The van der Waals surface area contributed by atoms with Gasteiger partial charge >= 0.3 is 0 Å². The van der Waals surface area contributed by atoms with Gasteiger partial charge in [-0.2, -0.15) is 0 Å². The largest absolute Gasteiger partial charge is 0.484 e. The van der Waals surface area contributed by atoms with Crippen LogP contribution in [0.4, 0.5) is 0 Å².